The number of aliphatic hydroxyl groups is 1. The van der Waals surface area contributed by atoms with Crippen LogP contribution in [-0.4, -0.2) is 51.2 Å². The average Bonchev–Trinajstić information content (AvgIpc) is 2.68. The molecule has 0 aromatic heterocycles. The van der Waals surface area contributed by atoms with Crippen LogP contribution in [0.1, 0.15) is 26.7 Å². The molecule has 0 heterocycles. The Bertz CT molecular complexity index is 643. The van der Waals surface area contributed by atoms with E-state index in [4.69, 9.17) is 14.2 Å². The summed E-state index contributed by atoms with van der Waals surface area (Å²) in [4.78, 5) is 0. The minimum absolute atomic E-state index is 0.355. The van der Waals surface area contributed by atoms with Crippen LogP contribution >= 0.6 is 0 Å². The first-order chi connectivity index (χ1) is 13.0. The summed E-state index contributed by atoms with van der Waals surface area (Å²) in [6.07, 6.45) is 4.32. The molecule has 4 rings (SSSR count). The first kappa shape index (κ1) is 20.2. The van der Waals surface area contributed by atoms with Gasteiger partial charge in [0.05, 0.1) is 26.4 Å². The van der Waals surface area contributed by atoms with Crippen molar-refractivity contribution in [3.63, 3.8) is 0 Å². The van der Waals surface area contributed by atoms with Gasteiger partial charge in [0.1, 0.15) is 6.61 Å². The fourth-order valence-corrected chi connectivity index (χ4v) is 4.25. The summed E-state index contributed by atoms with van der Waals surface area (Å²) in [5.41, 5.74) is 1.85. The van der Waals surface area contributed by atoms with Crippen molar-refractivity contribution in [1.29, 1.82) is 0 Å². The highest BCUT2D eigenvalue weighted by Gasteiger charge is 2.50. The molecule has 5 nitrogen and oxygen atoms in total. The molecule has 0 unspecified atom stereocenters. The number of aliphatic hydroxyl groups excluding tert-OH is 1. The number of ether oxygens (including phenoxy) is 3. The molecule has 2 N–H and O–H groups in total. The van der Waals surface area contributed by atoms with Crippen molar-refractivity contribution in [3.8, 4) is 11.5 Å². The molecule has 0 amide bonds. The van der Waals surface area contributed by atoms with E-state index in [1.165, 1.54) is 18.4 Å². The lowest BCUT2D eigenvalue weighted by Gasteiger charge is -2.56. The Labute approximate surface area is 162 Å². The molecular formula is C22H33NO4. The first-order valence-electron chi connectivity index (χ1n) is 9.93. The smallest absolute Gasteiger partial charge is 0.161 e. The van der Waals surface area contributed by atoms with Gasteiger partial charge in [0, 0.05) is 13.1 Å². The molecule has 1 fully saturated rings. The molecule has 27 heavy (non-hydrogen) atoms. The molecule has 150 valence electrons. The molecule has 0 saturated heterocycles. The van der Waals surface area contributed by atoms with Crippen molar-refractivity contribution in [1.82, 2.24) is 5.32 Å². The number of allylic oxidation sites excluding steroid dienone is 1. The van der Waals surface area contributed by atoms with Crippen LogP contribution in [0.4, 0.5) is 0 Å². The van der Waals surface area contributed by atoms with E-state index in [-0.39, 0.29) is 0 Å². The highest BCUT2D eigenvalue weighted by atomic mass is 16.5. The third-order valence-electron chi connectivity index (χ3n) is 6.15. The summed E-state index contributed by atoms with van der Waals surface area (Å²) in [5, 5.41) is 13.3. The maximum absolute atomic E-state index is 10.1. The molecule has 3 aliphatic rings. The summed E-state index contributed by atoms with van der Waals surface area (Å²) in [5.74, 6) is 2.97. The minimum atomic E-state index is -0.511. The van der Waals surface area contributed by atoms with E-state index < -0.39 is 6.10 Å². The van der Waals surface area contributed by atoms with Crippen molar-refractivity contribution in [2.75, 3.05) is 40.0 Å². The van der Waals surface area contributed by atoms with Gasteiger partial charge in [-0.25, -0.2) is 0 Å². The fourth-order valence-electron chi connectivity index (χ4n) is 4.25. The van der Waals surface area contributed by atoms with E-state index in [0.717, 1.165) is 17.4 Å². The van der Waals surface area contributed by atoms with Crippen LogP contribution in [0.15, 0.2) is 35.9 Å². The van der Waals surface area contributed by atoms with Gasteiger partial charge in [0.25, 0.3) is 0 Å². The number of hydrogen-bond donors (Lipinski definition) is 2. The van der Waals surface area contributed by atoms with Crippen LogP contribution in [0.5, 0.6) is 11.5 Å². The van der Waals surface area contributed by atoms with E-state index in [9.17, 15) is 5.11 Å². The SMILES string of the molecule is COc1ccccc1OCCNC[C@@H](O)COCC1=CC[C@H]2C[C@@H]1C2(C)C. The third-order valence-corrected chi connectivity index (χ3v) is 6.15. The maximum atomic E-state index is 10.1. The summed E-state index contributed by atoms with van der Waals surface area (Å²) in [6.45, 7) is 7.39. The standard InChI is InChI=1S/C22H33NO4/c1-22(2)17-9-8-16(19(22)12-17)14-26-15-18(24)13-23-10-11-27-21-7-5-4-6-20(21)25-3/h4-8,17-19,23-24H,9-15H2,1-3H3/t17-,18+,19-/m0/s1. The van der Waals surface area contributed by atoms with Crippen LogP contribution in [0.25, 0.3) is 0 Å². The highest BCUT2D eigenvalue weighted by Crippen LogP contribution is 2.59. The molecule has 0 spiro atoms. The minimum Gasteiger partial charge on any atom is -0.493 e. The summed E-state index contributed by atoms with van der Waals surface area (Å²) in [6, 6.07) is 7.58. The molecule has 1 saturated carbocycles. The Hall–Kier alpha value is -1.56. The second-order valence-electron chi connectivity index (χ2n) is 8.19. The van der Waals surface area contributed by atoms with Gasteiger partial charge in [0.15, 0.2) is 11.5 Å². The number of benzene rings is 1. The lowest BCUT2D eigenvalue weighted by Crippen LogP contribution is -2.48. The van der Waals surface area contributed by atoms with Gasteiger partial charge in [-0.3, -0.25) is 0 Å². The van der Waals surface area contributed by atoms with Gasteiger partial charge in [-0.1, -0.05) is 32.1 Å². The van der Waals surface area contributed by atoms with Crippen molar-refractivity contribution < 1.29 is 19.3 Å². The lowest BCUT2D eigenvalue weighted by molar-refractivity contribution is -0.0235. The Kier molecular flexibility index (Phi) is 6.79. The molecule has 5 heteroatoms. The Balaban J connectivity index is 1.26. The quantitative estimate of drug-likeness (QED) is 0.460. The van der Waals surface area contributed by atoms with Crippen molar-refractivity contribution in [2.45, 2.75) is 32.8 Å². The summed E-state index contributed by atoms with van der Waals surface area (Å²) >= 11 is 0. The second-order valence-corrected chi connectivity index (χ2v) is 8.19. The van der Waals surface area contributed by atoms with Crippen LogP contribution in [0, 0.1) is 17.3 Å². The van der Waals surface area contributed by atoms with Gasteiger partial charge < -0.3 is 24.6 Å². The van der Waals surface area contributed by atoms with Crippen molar-refractivity contribution >= 4 is 0 Å². The number of methoxy groups -OCH3 is 1. The molecule has 2 bridgehead atoms. The lowest BCUT2D eigenvalue weighted by atomic mass is 9.49. The van der Waals surface area contributed by atoms with E-state index in [1.807, 2.05) is 24.3 Å². The maximum Gasteiger partial charge on any atom is 0.161 e. The number of hydrogen-bond acceptors (Lipinski definition) is 5. The normalized spacial score (nSPS) is 23.9. The largest absolute Gasteiger partial charge is 0.493 e. The average molecular weight is 376 g/mol. The number of para-hydroxylation sites is 2. The van der Waals surface area contributed by atoms with E-state index in [2.05, 4.69) is 25.2 Å². The molecule has 1 aromatic carbocycles. The predicted octanol–water partition coefficient (Wildman–Crippen LogP) is 3.03. The molecule has 0 aliphatic heterocycles. The number of rotatable bonds is 11. The van der Waals surface area contributed by atoms with E-state index >= 15 is 0 Å². The molecule has 1 aromatic rings. The zero-order valence-electron chi connectivity index (χ0n) is 16.7. The van der Waals surface area contributed by atoms with Crippen molar-refractivity contribution in [2.24, 2.45) is 17.3 Å². The van der Waals surface area contributed by atoms with Crippen LogP contribution in [0.3, 0.4) is 0 Å². The topological polar surface area (TPSA) is 60.0 Å². The van der Waals surface area contributed by atoms with Crippen LogP contribution < -0.4 is 14.8 Å². The number of nitrogens with one attached hydrogen (secondary N) is 1. The van der Waals surface area contributed by atoms with Crippen LogP contribution in [0.2, 0.25) is 0 Å². The zero-order valence-corrected chi connectivity index (χ0v) is 16.7. The second kappa shape index (κ2) is 9.09. The predicted molar refractivity (Wildman–Crippen MR) is 106 cm³/mol. The Morgan fingerprint density at radius 2 is 2.04 bits per heavy atom. The Morgan fingerprint density at radius 3 is 2.74 bits per heavy atom. The molecular weight excluding hydrogens is 342 g/mol. The van der Waals surface area contributed by atoms with Gasteiger partial charge >= 0.3 is 0 Å². The summed E-state index contributed by atoms with van der Waals surface area (Å²) < 4.78 is 16.7. The van der Waals surface area contributed by atoms with Crippen molar-refractivity contribution in [3.05, 3.63) is 35.9 Å². The molecule has 3 atom stereocenters. The highest BCUT2D eigenvalue weighted by molar-refractivity contribution is 5.39. The first-order valence-corrected chi connectivity index (χ1v) is 9.93. The fraction of sp³-hybridized carbons (Fsp3) is 0.636. The summed E-state index contributed by atoms with van der Waals surface area (Å²) in [7, 11) is 1.63. The zero-order chi connectivity index (χ0) is 19.3. The van der Waals surface area contributed by atoms with Gasteiger partial charge in [0.2, 0.25) is 0 Å². The van der Waals surface area contributed by atoms with Gasteiger partial charge in [-0.2, -0.15) is 0 Å². The molecule has 3 aliphatic carbocycles. The van der Waals surface area contributed by atoms with Gasteiger partial charge in [-0.15, -0.1) is 0 Å². The van der Waals surface area contributed by atoms with E-state index in [0.29, 0.717) is 44.2 Å². The van der Waals surface area contributed by atoms with E-state index in [1.54, 1.807) is 7.11 Å². The monoisotopic (exact) mass is 375 g/mol. The van der Waals surface area contributed by atoms with Crippen LogP contribution in [-0.2, 0) is 4.74 Å². The molecule has 0 radical (unpaired) electrons. The van der Waals surface area contributed by atoms with Gasteiger partial charge in [-0.05, 0) is 47.8 Å². The number of fused-ring (bicyclic) bond motifs is 1. The third kappa shape index (κ3) is 4.84. The Morgan fingerprint density at radius 1 is 1.26 bits per heavy atom.